The van der Waals surface area contributed by atoms with E-state index in [0.29, 0.717) is 11.4 Å². The fraction of sp³-hybridized carbons (Fsp3) is 0.0976. The highest BCUT2D eigenvalue weighted by atomic mass is 19.2. The molecule has 0 spiro atoms. The van der Waals surface area contributed by atoms with Crippen LogP contribution in [0.3, 0.4) is 0 Å². The highest BCUT2D eigenvalue weighted by molar-refractivity contribution is 6.12. The van der Waals surface area contributed by atoms with Gasteiger partial charge >= 0.3 is 0 Å². The van der Waals surface area contributed by atoms with E-state index in [1.54, 1.807) is 0 Å². The topological polar surface area (TPSA) is 33.6 Å². The molecule has 6 aromatic carbocycles. The third-order valence-corrected chi connectivity index (χ3v) is 9.35. The van der Waals surface area contributed by atoms with Gasteiger partial charge in [0.15, 0.2) is 23.3 Å². The Balaban J connectivity index is 1.63. The first-order chi connectivity index (χ1) is 23.5. The van der Waals surface area contributed by atoms with Crippen molar-refractivity contribution >= 4 is 43.6 Å². The zero-order valence-corrected chi connectivity index (χ0v) is 26.8. The van der Waals surface area contributed by atoms with E-state index in [4.69, 9.17) is 0 Å². The first kappa shape index (κ1) is 30.4. The lowest BCUT2D eigenvalue weighted by Crippen LogP contribution is -2.08. The van der Waals surface area contributed by atoms with Crippen molar-refractivity contribution in [2.75, 3.05) is 0 Å². The predicted octanol–water partition coefficient (Wildman–Crippen LogP) is 11.3. The second-order valence-corrected chi connectivity index (χ2v) is 12.7. The number of halogens is 5. The minimum atomic E-state index is -2.27. The van der Waals surface area contributed by atoms with Crippen LogP contribution in [0.2, 0.25) is 0 Å². The summed E-state index contributed by atoms with van der Waals surface area (Å²) in [5.74, 6) is -10.5. The monoisotopic (exact) mass is 655 g/mol. The molecule has 0 aliphatic heterocycles. The van der Waals surface area contributed by atoms with Gasteiger partial charge in [0.1, 0.15) is 0 Å². The largest absolute Gasteiger partial charge is 0.307 e. The van der Waals surface area contributed by atoms with E-state index in [-0.39, 0.29) is 5.56 Å². The van der Waals surface area contributed by atoms with E-state index >= 15 is 8.78 Å². The maximum Gasteiger partial charge on any atom is 0.200 e. The van der Waals surface area contributed by atoms with Crippen molar-refractivity contribution in [2.45, 2.75) is 27.7 Å². The van der Waals surface area contributed by atoms with E-state index in [1.807, 2.05) is 116 Å². The van der Waals surface area contributed by atoms with Crippen molar-refractivity contribution in [1.82, 2.24) is 9.13 Å². The average Bonchev–Trinajstić information content (AvgIpc) is 3.56. The molecular formula is C41H26F5N3. The normalized spacial score (nSPS) is 11.8. The predicted molar refractivity (Wildman–Crippen MR) is 184 cm³/mol. The van der Waals surface area contributed by atoms with Gasteiger partial charge in [0.05, 0.1) is 50.6 Å². The standard InChI is InChI=1S/C41H26F5N3/c1-20-5-9-25-26-10-6-21(2)14-31(26)48(30(25)13-20)34-17-24(19-47)29(36-37(42)39(44)41(46)40(45)38(36)43)18-35(34)49-32-15-22(3)7-11-27(32)28-12-8-23(4)16-33(28)49/h5-18H,1-4H3. The summed E-state index contributed by atoms with van der Waals surface area (Å²) >= 11 is 0. The van der Waals surface area contributed by atoms with Gasteiger partial charge in [-0.2, -0.15) is 5.26 Å². The molecule has 2 aromatic heterocycles. The molecular weight excluding hydrogens is 629 g/mol. The van der Waals surface area contributed by atoms with Crippen LogP contribution in [0.15, 0.2) is 84.9 Å². The lowest BCUT2D eigenvalue weighted by atomic mass is 9.96. The molecule has 0 fully saturated rings. The molecule has 0 saturated carbocycles. The van der Waals surface area contributed by atoms with Gasteiger partial charge in [-0.3, -0.25) is 0 Å². The number of aromatic nitrogens is 2. The second-order valence-electron chi connectivity index (χ2n) is 12.7. The maximum atomic E-state index is 15.5. The number of fused-ring (bicyclic) bond motifs is 6. The van der Waals surface area contributed by atoms with Gasteiger partial charge in [0, 0.05) is 27.1 Å². The van der Waals surface area contributed by atoms with Gasteiger partial charge in [-0.05, 0) is 86.3 Å². The zero-order chi connectivity index (χ0) is 34.5. The lowest BCUT2D eigenvalue weighted by Gasteiger charge is -2.20. The fourth-order valence-electron chi connectivity index (χ4n) is 7.07. The summed E-state index contributed by atoms with van der Waals surface area (Å²) in [6, 6.07) is 28.9. The molecule has 49 heavy (non-hydrogen) atoms. The Bertz CT molecular complexity index is 2630. The van der Waals surface area contributed by atoms with E-state index in [9.17, 15) is 18.4 Å². The zero-order valence-electron chi connectivity index (χ0n) is 26.8. The molecule has 240 valence electrons. The lowest BCUT2D eigenvalue weighted by molar-refractivity contribution is 0.381. The summed E-state index contributed by atoms with van der Waals surface area (Å²) in [7, 11) is 0. The number of hydrogen-bond donors (Lipinski definition) is 0. The first-order valence-electron chi connectivity index (χ1n) is 15.6. The van der Waals surface area contributed by atoms with Crippen molar-refractivity contribution < 1.29 is 22.0 Å². The van der Waals surface area contributed by atoms with Crippen LogP contribution in [0.4, 0.5) is 22.0 Å². The Hall–Kier alpha value is -5.94. The van der Waals surface area contributed by atoms with Crippen molar-refractivity contribution in [2.24, 2.45) is 0 Å². The van der Waals surface area contributed by atoms with Crippen LogP contribution in [0, 0.1) is 68.1 Å². The van der Waals surface area contributed by atoms with Crippen LogP contribution in [-0.4, -0.2) is 9.13 Å². The minimum absolute atomic E-state index is 0.259. The van der Waals surface area contributed by atoms with Gasteiger partial charge < -0.3 is 9.13 Å². The number of hydrogen-bond acceptors (Lipinski definition) is 1. The number of nitriles is 1. The van der Waals surface area contributed by atoms with Crippen molar-refractivity contribution in [1.29, 1.82) is 5.26 Å². The smallest absolute Gasteiger partial charge is 0.200 e. The van der Waals surface area contributed by atoms with Crippen molar-refractivity contribution in [3.05, 3.63) is 142 Å². The summed E-state index contributed by atoms with van der Waals surface area (Å²) in [4.78, 5) is 0. The van der Waals surface area contributed by atoms with Crippen LogP contribution in [0.5, 0.6) is 0 Å². The highest BCUT2D eigenvalue weighted by Crippen LogP contribution is 2.43. The maximum absolute atomic E-state index is 15.5. The molecule has 3 nitrogen and oxygen atoms in total. The third-order valence-electron chi connectivity index (χ3n) is 9.35. The van der Waals surface area contributed by atoms with Crippen molar-refractivity contribution in [3.63, 3.8) is 0 Å². The van der Waals surface area contributed by atoms with Crippen LogP contribution in [0.1, 0.15) is 27.8 Å². The second kappa shape index (κ2) is 10.8. The SMILES string of the molecule is Cc1ccc2c3ccc(C)cc3n(-c3cc(C#N)c(-c4c(F)c(F)c(F)c(F)c4F)cc3-n3c4cc(C)ccc4c4ccc(C)cc43)c2c1. The summed E-state index contributed by atoms with van der Waals surface area (Å²) in [5, 5.41) is 14.2. The van der Waals surface area contributed by atoms with Gasteiger partial charge in [-0.1, -0.05) is 48.5 Å². The fourth-order valence-corrected chi connectivity index (χ4v) is 7.07. The number of rotatable bonds is 3. The van der Waals surface area contributed by atoms with E-state index in [0.717, 1.165) is 65.9 Å². The summed E-state index contributed by atoms with van der Waals surface area (Å²) in [6.07, 6.45) is 0. The summed E-state index contributed by atoms with van der Waals surface area (Å²) in [6.45, 7) is 7.84. The van der Waals surface area contributed by atoms with Crippen LogP contribution >= 0.6 is 0 Å². The third kappa shape index (κ3) is 4.39. The quantitative estimate of drug-likeness (QED) is 0.106. The molecule has 0 saturated heterocycles. The molecule has 0 aliphatic carbocycles. The number of aryl methyl sites for hydroxylation is 4. The van der Waals surface area contributed by atoms with Crippen LogP contribution in [-0.2, 0) is 0 Å². The molecule has 0 amide bonds. The van der Waals surface area contributed by atoms with Gasteiger partial charge in [0.25, 0.3) is 0 Å². The Morgan fingerprint density at radius 1 is 0.449 bits per heavy atom. The Morgan fingerprint density at radius 2 is 0.776 bits per heavy atom. The van der Waals surface area contributed by atoms with Gasteiger partial charge in [0.2, 0.25) is 5.82 Å². The minimum Gasteiger partial charge on any atom is -0.307 e. The molecule has 2 heterocycles. The van der Waals surface area contributed by atoms with E-state index < -0.39 is 40.2 Å². The Kier molecular flexibility index (Phi) is 6.69. The molecule has 0 bridgehead atoms. The van der Waals surface area contributed by atoms with Crippen LogP contribution < -0.4 is 0 Å². The molecule has 8 aromatic rings. The first-order valence-corrected chi connectivity index (χ1v) is 15.6. The van der Waals surface area contributed by atoms with Gasteiger partial charge in [-0.25, -0.2) is 22.0 Å². The molecule has 8 rings (SSSR count). The van der Waals surface area contributed by atoms with E-state index in [1.165, 1.54) is 12.1 Å². The molecule has 0 N–H and O–H groups in total. The van der Waals surface area contributed by atoms with Crippen LogP contribution in [0.25, 0.3) is 66.1 Å². The van der Waals surface area contributed by atoms with Crippen molar-refractivity contribution in [3.8, 4) is 28.6 Å². The summed E-state index contributed by atoms with van der Waals surface area (Å²) in [5.41, 5.74) is 6.08. The molecule has 0 aliphatic rings. The molecule has 0 unspecified atom stereocenters. The number of benzene rings is 6. The molecule has 8 heteroatoms. The van der Waals surface area contributed by atoms with E-state index in [2.05, 4.69) is 0 Å². The average molecular weight is 656 g/mol. The number of nitrogens with zero attached hydrogens (tertiary/aromatic N) is 3. The summed E-state index contributed by atoms with van der Waals surface area (Å²) < 4.78 is 78.6. The van der Waals surface area contributed by atoms with Gasteiger partial charge in [-0.15, -0.1) is 0 Å². The molecule has 0 radical (unpaired) electrons. The molecule has 0 atom stereocenters. The Morgan fingerprint density at radius 3 is 1.12 bits per heavy atom. The Labute approximate surface area is 277 Å². The highest BCUT2D eigenvalue weighted by Gasteiger charge is 2.30.